The Labute approximate surface area is 110 Å². The third-order valence-electron chi connectivity index (χ3n) is 3.34. The van der Waals surface area contributed by atoms with Gasteiger partial charge in [0.1, 0.15) is 5.82 Å². The number of rotatable bonds is 5. The van der Waals surface area contributed by atoms with Gasteiger partial charge in [0, 0.05) is 39.3 Å². The molecule has 0 aromatic carbocycles. The highest BCUT2D eigenvalue weighted by atomic mass is 15.2. The van der Waals surface area contributed by atoms with Gasteiger partial charge in [0.05, 0.1) is 5.69 Å². The molecule has 1 N–H and O–H groups in total. The Morgan fingerprint density at radius 3 is 2.72 bits per heavy atom. The van der Waals surface area contributed by atoms with Crippen molar-refractivity contribution in [3.05, 3.63) is 23.9 Å². The number of hydrogen-bond acceptors (Lipinski definition) is 4. The lowest BCUT2D eigenvalue weighted by atomic mass is 10.2. The second-order valence-electron chi connectivity index (χ2n) is 5.02. The smallest absolute Gasteiger partial charge is 0.126 e. The van der Waals surface area contributed by atoms with Crippen molar-refractivity contribution < 1.29 is 0 Å². The summed E-state index contributed by atoms with van der Waals surface area (Å²) in [4.78, 5) is 9.51. The zero-order valence-electron chi connectivity index (χ0n) is 11.5. The minimum Gasteiger partial charge on any atom is -0.370 e. The second-order valence-corrected chi connectivity index (χ2v) is 5.02. The third-order valence-corrected chi connectivity index (χ3v) is 3.34. The maximum absolute atomic E-state index is 4.66. The summed E-state index contributed by atoms with van der Waals surface area (Å²) in [6.45, 7) is 8.73. The fourth-order valence-electron chi connectivity index (χ4n) is 2.15. The molecule has 100 valence electrons. The van der Waals surface area contributed by atoms with Gasteiger partial charge in [-0.05, 0) is 25.6 Å². The Balaban J connectivity index is 1.88. The van der Waals surface area contributed by atoms with E-state index in [-0.39, 0.29) is 0 Å². The molecule has 4 nitrogen and oxygen atoms in total. The van der Waals surface area contributed by atoms with Gasteiger partial charge >= 0.3 is 0 Å². The molecule has 0 bridgehead atoms. The lowest BCUT2D eigenvalue weighted by molar-refractivity contribution is 0.147. The van der Waals surface area contributed by atoms with Gasteiger partial charge in [-0.3, -0.25) is 4.90 Å². The van der Waals surface area contributed by atoms with E-state index in [1.54, 1.807) is 0 Å². The molecule has 1 aromatic rings. The summed E-state index contributed by atoms with van der Waals surface area (Å²) in [7, 11) is 2.19. The summed E-state index contributed by atoms with van der Waals surface area (Å²) in [5.74, 6) is 1.00. The largest absolute Gasteiger partial charge is 0.370 e. The summed E-state index contributed by atoms with van der Waals surface area (Å²) < 4.78 is 0. The SMILES string of the molecule is CCCNc1cccc(CN2CCN(C)CC2)n1. The molecule has 1 saturated heterocycles. The van der Waals surface area contributed by atoms with Crippen LogP contribution in [0.5, 0.6) is 0 Å². The highest BCUT2D eigenvalue weighted by Gasteiger charge is 2.14. The van der Waals surface area contributed by atoms with Gasteiger partial charge < -0.3 is 10.2 Å². The quantitative estimate of drug-likeness (QED) is 0.858. The fourth-order valence-corrected chi connectivity index (χ4v) is 2.15. The molecule has 2 heterocycles. The number of anilines is 1. The maximum Gasteiger partial charge on any atom is 0.126 e. The first-order valence-corrected chi connectivity index (χ1v) is 6.88. The Morgan fingerprint density at radius 2 is 2.00 bits per heavy atom. The number of nitrogens with one attached hydrogen (secondary N) is 1. The van der Waals surface area contributed by atoms with Crippen LogP contribution < -0.4 is 5.32 Å². The van der Waals surface area contributed by atoms with Gasteiger partial charge in [-0.2, -0.15) is 0 Å². The number of piperazine rings is 1. The molecule has 0 amide bonds. The second kappa shape index (κ2) is 6.71. The summed E-state index contributed by atoms with van der Waals surface area (Å²) >= 11 is 0. The zero-order chi connectivity index (χ0) is 12.8. The van der Waals surface area contributed by atoms with Crippen molar-refractivity contribution in [1.82, 2.24) is 14.8 Å². The van der Waals surface area contributed by atoms with Crippen molar-refractivity contribution >= 4 is 5.82 Å². The van der Waals surface area contributed by atoms with E-state index in [0.717, 1.165) is 51.5 Å². The molecule has 4 heteroatoms. The highest BCUT2D eigenvalue weighted by molar-refractivity contribution is 5.35. The van der Waals surface area contributed by atoms with Gasteiger partial charge in [-0.15, -0.1) is 0 Å². The van der Waals surface area contributed by atoms with Crippen LogP contribution in [-0.2, 0) is 6.54 Å². The molecule has 1 fully saturated rings. The Morgan fingerprint density at radius 1 is 1.22 bits per heavy atom. The first-order valence-electron chi connectivity index (χ1n) is 6.88. The molecule has 0 radical (unpaired) electrons. The first-order chi connectivity index (χ1) is 8.78. The Kier molecular flexibility index (Phi) is 4.96. The van der Waals surface area contributed by atoms with Crippen LogP contribution in [0.25, 0.3) is 0 Å². The van der Waals surface area contributed by atoms with E-state index in [0.29, 0.717) is 0 Å². The van der Waals surface area contributed by atoms with Crippen molar-refractivity contribution in [2.75, 3.05) is 45.1 Å². The van der Waals surface area contributed by atoms with Crippen LogP contribution in [0.2, 0.25) is 0 Å². The van der Waals surface area contributed by atoms with E-state index in [1.165, 1.54) is 5.69 Å². The van der Waals surface area contributed by atoms with Crippen LogP contribution >= 0.6 is 0 Å². The standard InChI is InChI=1S/C14H24N4/c1-3-7-15-14-6-4-5-13(16-14)12-18-10-8-17(2)9-11-18/h4-6H,3,7-12H2,1-2H3,(H,15,16). The number of aromatic nitrogens is 1. The Hall–Kier alpha value is -1.13. The monoisotopic (exact) mass is 248 g/mol. The molecule has 0 aliphatic carbocycles. The predicted molar refractivity (Wildman–Crippen MR) is 75.8 cm³/mol. The van der Waals surface area contributed by atoms with Crippen molar-refractivity contribution in [3.63, 3.8) is 0 Å². The maximum atomic E-state index is 4.66. The molecule has 0 spiro atoms. The molecule has 0 saturated carbocycles. The average molecular weight is 248 g/mol. The van der Waals surface area contributed by atoms with Crippen LogP contribution in [0.3, 0.4) is 0 Å². The summed E-state index contributed by atoms with van der Waals surface area (Å²) in [5, 5.41) is 3.34. The minimum absolute atomic E-state index is 0.968. The number of nitrogens with zero attached hydrogens (tertiary/aromatic N) is 3. The first kappa shape index (κ1) is 13.3. The zero-order valence-corrected chi connectivity index (χ0v) is 11.5. The summed E-state index contributed by atoms with van der Waals surface area (Å²) in [6, 6.07) is 6.26. The van der Waals surface area contributed by atoms with Gasteiger partial charge in [0.2, 0.25) is 0 Å². The summed E-state index contributed by atoms with van der Waals surface area (Å²) in [6.07, 6.45) is 1.13. The molecular weight excluding hydrogens is 224 g/mol. The third kappa shape index (κ3) is 3.96. The van der Waals surface area contributed by atoms with Crippen LogP contribution in [0.15, 0.2) is 18.2 Å². The number of hydrogen-bond donors (Lipinski definition) is 1. The van der Waals surface area contributed by atoms with Gasteiger partial charge in [-0.25, -0.2) is 4.98 Å². The Bertz CT molecular complexity index is 359. The summed E-state index contributed by atoms with van der Waals surface area (Å²) in [5.41, 5.74) is 1.17. The molecule has 1 aromatic heterocycles. The average Bonchev–Trinajstić information content (AvgIpc) is 2.40. The molecule has 2 rings (SSSR count). The molecule has 1 aliphatic rings. The number of likely N-dealkylation sites (N-methyl/N-ethyl adjacent to an activating group) is 1. The fraction of sp³-hybridized carbons (Fsp3) is 0.643. The molecule has 0 unspecified atom stereocenters. The van der Waals surface area contributed by atoms with Gasteiger partial charge in [-0.1, -0.05) is 13.0 Å². The number of pyridine rings is 1. The van der Waals surface area contributed by atoms with Crippen molar-refractivity contribution in [2.45, 2.75) is 19.9 Å². The van der Waals surface area contributed by atoms with Crippen LogP contribution in [0, 0.1) is 0 Å². The predicted octanol–water partition coefficient (Wildman–Crippen LogP) is 1.65. The molecule has 0 atom stereocenters. The van der Waals surface area contributed by atoms with Crippen molar-refractivity contribution in [2.24, 2.45) is 0 Å². The van der Waals surface area contributed by atoms with E-state index in [4.69, 9.17) is 0 Å². The van der Waals surface area contributed by atoms with E-state index >= 15 is 0 Å². The van der Waals surface area contributed by atoms with Crippen molar-refractivity contribution in [1.29, 1.82) is 0 Å². The lowest BCUT2D eigenvalue weighted by Crippen LogP contribution is -2.44. The topological polar surface area (TPSA) is 31.4 Å². The molecular formula is C14H24N4. The van der Waals surface area contributed by atoms with Crippen LogP contribution in [-0.4, -0.2) is 54.6 Å². The van der Waals surface area contributed by atoms with E-state index < -0.39 is 0 Å². The lowest BCUT2D eigenvalue weighted by Gasteiger charge is -2.32. The highest BCUT2D eigenvalue weighted by Crippen LogP contribution is 2.09. The van der Waals surface area contributed by atoms with E-state index in [2.05, 4.69) is 46.2 Å². The van der Waals surface area contributed by atoms with Crippen LogP contribution in [0.4, 0.5) is 5.82 Å². The van der Waals surface area contributed by atoms with Gasteiger partial charge in [0.25, 0.3) is 0 Å². The van der Waals surface area contributed by atoms with E-state index in [1.807, 2.05) is 6.07 Å². The minimum atomic E-state index is 0.968. The van der Waals surface area contributed by atoms with Crippen LogP contribution in [0.1, 0.15) is 19.0 Å². The normalized spacial score (nSPS) is 17.9. The van der Waals surface area contributed by atoms with E-state index in [9.17, 15) is 0 Å². The molecule has 1 aliphatic heterocycles. The van der Waals surface area contributed by atoms with Gasteiger partial charge in [0.15, 0.2) is 0 Å². The van der Waals surface area contributed by atoms with Crippen molar-refractivity contribution in [3.8, 4) is 0 Å². The molecule has 18 heavy (non-hydrogen) atoms.